The van der Waals surface area contributed by atoms with Gasteiger partial charge in [0.1, 0.15) is 5.82 Å². The van der Waals surface area contributed by atoms with Gasteiger partial charge in [0.05, 0.1) is 10.7 Å². The van der Waals surface area contributed by atoms with E-state index in [0.717, 1.165) is 62.1 Å². The molecule has 1 aromatic heterocycles. The average Bonchev–Trinajstić information content (AvgIpc) is 3.01. The molecule has 0 bridgehead atoms. The SMILES string of the molecule is CN=C(NCCc1sc(C)nc1C)NC1CCN(Cc2ccc(F)cc2)CC1.I. The monoisotopic (exact) mass is 531 g/mol. The van der Waals surface area contributed by atoms with Crippen LogP contribution in [0.15, 0.2) is 29.3 Å². The summed E-state index contributed by atoms with van der Waals surface area (Å²) in [5, 5.41) is 8.11. The molecule has 1 aliphatic heterocycles. The number of rotatable bonds is 6. The lowest BCUT2D eigenvalue weighted by molar-refractivity contribution is 0.198. The van der Waals surface area contributed by atoms with Crippen molar-refractivity contribution in [2.45, 2.75) is 45.7 Å². The van der Waals surface area contributed by atoms with E-state index in [-0.39, 0.29) is 29.8 Å². The molecule has 3 rings (SSSR count). The third kappa shape index (κ3) is 7.49. The molecule has 1 aliphatic rings. The number of aryl methyl sites for hydroxylation is 2. The lowest BCUT2D eigenvalue weighted by Gasteiger charge is -2.33. The van der Waals surface area contributed by atoms with Crippen LogP contribution in [0.1, 0.15) is 34.0 Å². The van der Waals surface area contributed by atoms with E-state index >= 15 is 0 Å². The Labute approximate surface area is 194 Å². The van der Waals surface area contributed by atoms with Crippen molar-refractivity contribution in [3.05, 3.63) is 51.2 Å². The molecule has 1 fully saturated rings. The van der Waals surface area contributed by atoms with Gasteiger partial charge in [-0.2, -0.15) is 0 Å². The number of guanidine groups is 1. The lowest BCUT2D eigenvalue weighted by Crippen LogP contribution is -2.48. The maximum absolute atomic E-state index is 13.0. The highest BCUT2D eigenvalue weighted by Crippen LogP contribution is 2.17. The van der Waals surface area contributed by atoms with E-state index in [4.69, 9.17) is 0 Å². The number of nitrogens with one attached hydrogen (secondary N) is 2. The summed E-state index contributed by atoms with van der Waals surface area (Å²) in [5.41, 5.74) is 2.31. The second-order valence-electron chi connectivity index (χ2n) is 7.31. The van der Waals surface area contributed by atoms with Crippen molar-refractivity contribution in [2.24, 2.45) is 4.99 Å². The molecule has 1 aromatic carbocycles. The molecule has 0 atom stereocenters. The zero-order valence-electron chi connectivity index (χ0n) is 17.4. The molecule has 2 aromatic rings. The number of thiazole rings is 1. The molecular weight excluding hydrogens is 500 g/mol. The van der Waals surface area contributed by atoms with Crippen LogP contribution in [0.4, 0.5) is 4.39 Å². The first-order chi connectivity index (χ1) is 13.5. The van der Waals surface area contributed by atoms with Gasteiger partial charge >= 0.3 is 0 Å². The molecule has 0 radical (unpaired) electrons. The summed E-state index contributed by atoms with van der Waals surface area (Å²) in [4.78, 5) is 12.6. The quantitative estimate of drug-likeness (QED) is 0.338. The minimum Gasteiger partial charge on any atom is -0.356 e. The predicted octanol–water partition coefficient (Wildman–Crippen LogP) is 3.89. The van der Waals surface area contributed by atoms with Crippen LogP contribution in [0.3, 0.4) is 0 Å². The van der Waals surface area contributed by atoms with Crippen molar-refractivity contribution in [2.75, 3.05) is 26.7 Å². The average molecular weight is 531 g/mol. The van der Waals surface area contributed by atoms with E-state index in [1.807, 2.05) is 19.2 Å². The summed E-state index contributed by atoms with van der Waals surface area (Å²) in [6.07, 6.45) is 3.12. The maximum atomic E-state index is 13.0. The van der Waals surface area contributed by atoms with Crippen LogP contribution in [0.2, 0.25) is 0 Å². The smallest absolute Gasteiger partial charge is 0.191 e. The molecule has 2 heterocycles. The van der Waals surface area contributed by atoms with Gasteiger partial charge in [0, 0.05) is 50.6 Å². The molecular formula is C21H31FIN5S. The van der Waals surface area contributed by atoms with E-state index in [1.165, 1.54) is 22.6 Å². The van der Waals surface area contributed by atoms with Crippen LogP contribution in [0, 0.1) is 19.7 Å². The van der Waals surface area contributed by atoms with Crippen LogP contribution in [-0.4, -0.2) is 48.6 Å². The third-order valence-electron chi connectivity index (χ3n) is 5.12. The molecule has 160 valence electrons. The normalized spacial score (nSPS) is 15.8. The van der Waals surface area contributed by atoms with Crippen molar-refractivity contribution in [1.29, 1.82) is 0 Å². The van der Waals surface area contributed by atoms with Gasteiger partial charge < -0.3 is 10.6 Å². The molecule has 8 heteroatoms. The molecule has 29 heavy (non-hydrogen) atoms. The zero-order chi connectivity index (χ0) is 19.9. The highest BCUT2D eigenvalue weighted by atomic mass is 127. The Morgan fingerprint density at radius 3 is 2.52 bits per heavy atom. The Morgan fingerprint density at radius 2 is 1.93 bits per heavy atom. The van der Waals surface area contributed by atoms with Crippen molar-refractivity contribution in [3.8, 4) is 0 Å². The summed E-state index contributed by atoms with van der Waals surface area (Å²) >= 11 is 1.77. The minimum atomic E-state index is -0.175. The van der Waals surface area contributed by atoms with Gasteiger partial charge in [-0.25, -0.2) is 9.37 Å². The number of aliphatic imine (C=N–C) groups is 1. The van der Waals surface area contributed by atoms with Gasteiger partial charge in [-0.3, -0.25) is 9.89 Å². The molecule has 0 saturated carbocycles. The molecule has 1 saturated heterocycles. The van der Waals surface area contributed by atoms with E-state index < -0.39 is 0 Å². The van der Waals surface area contributed by atoms with Gasteiger partial charge in [0.25, 0.3) is 0 Å². The first kappa shape index (κ1) is 24.0. The van der Waals surface area contributed by atoms with Gasteiger partial charge in [-0.15, -0.1) is 35.3 Å². The van der Waals surface area contributed by atoms with Crippen molar-refractivity contribution >= 4 is 41.3 Å². The molecule has 5 nitrogen and oxygen atoms in total. The number of likely N-dealkylation sites (tertiary alicyclic amines) is 1. The zero-order valence-corrected chi connectivity index (χ0v) is 20.5. The van der Waals surface area contributed by atoms with Crippen molar-refractivity contribution in [3.63, 3.8) is 0 Å². The fourth-order valence-electron chi connectivity index (χ4n) is 3.57. The Balaban J connectivity index is 0.00000300. The lowest BCUT2D eigenvalue weighted by atomic mass is 10.0. The van der Waals surface area contributed by atoms with E-state index in [0.29, 0.717) is 6.04 Å². The van der Waals surface area contributed by atoms with Crippen LogP contribution >= 0.6 is 35.3 Å². The summed E-state index contributed by atoms with van der Waals surface area (Å²) in [5.74, 6) is 0.696. The number of aromatic nitrogens is 1. The third-order valence-corrected chi connectivity index (χ3v) is 6.25. The largest absolute Gasteiger partial charge is 0.356 e. The standard InChI is InChI=1S/C21H30FN5S.HI/c1-15-20(28-16(2)25-15)8-11-24-21(23-3)26-19-9-12-27(13-10-19)14-17-4-6-18(22)7-5-17;/h4-7,19H,8-14H2,1-3H3,(H2,23,24,26);1H. The highest BCUT2D eigenvalue weighted by Gasteiger charge is 2.20. The number of halogens is 2. The first-order valence-corrected chi connectivity index (χ1v) is 10.7. The van der Waals surface area contributed by atoms with Gasteiger partial charge in [-0.1, -0.05) is 12.1 Å². The van der Waals surface area contributed by atoms with E-state index in [2.05, 4.69) is 39.4 Å². The Morgan fingerprint density at radius 1 is 1.24 bits per heavy atom. The Kier molecular flexibility index (Phi) is 9.78. The van der Waals surface area contributed by atoms with E-state index in [9.17, 15) is 4.39 Å². The molecule has 0 spiro atoms. The summed E-state index contributed by atoms with van der Waals surface area (Å²) < 4.78 is 13.0. The summed E-state index contributed by atoms with van der Waals surface area (Å²) in [6, 6.07) is 7.25. The Hall–Kier alpha value is -1.26. The van der Waals surface area contributed by atoms with Gasteiger partial charge in [0.15, 0.2) is 5.96 Å². The second kappa shape index (κ2) is 11.8. The number of benzene rings is 1. The number of piperidine rings is 1. The number of hydrogen-bond acceptors (Lipinski definition) is 4. The first-order valence-electron chi connectivity index (χ1n) is 9.90. The van der Waals surface area contributed by atoms with Crippen LogP contribution in [0.5, 0.6) is 0 Å². The number of nitrogens with zero attached hydrogens (tertiary/aromatic N) is 3. The maximum Gasteiger partial charge on any atom is 0.191 e. The Bertz CT molecular complexity index is 785. The molecule has 2 N–H and O–H groups in total. The predicted molar refractivity (Wildman–Crippen MR) is 130 cm³/mol. The molecule has 0 amide bonds. The number of hydrogen-bond donors (Lipinski definition) is 2. The minimum absolute atomic E-state index is 0. The van der Waals surface area contributed by atoms with Crippen LogP contribution in [0.25, 0.3) is 0 Å². The van der Waals surface area contributed by atoms with Gasteiger partial charge in [-0.05, 0) is 44.4 Å². The van der Waals surface area contributed by atoms with Crippen molar-refractivity contribution in [1.82, 2.24) is 20.5 Å². The van der Waals surface area contributed by atoms with Crippen LogP contribution in [-0.2, 0) is 13.0 Å². The fraction of sp³-hybridized carbons (Fsp3) is 0.524. The fourth-order valence-corrected chi connectivity index (χ4v) is 4.51. The second-order valence-corrected chi connectivity index (χ2v) is 8.60. The summed E-state index contributed by atoms with van der Waals surface area (Å²) in [7, 11) is 1.82. The summed E-state index contributed by atoms with van der Waals surface area (Å²) in [6.45, 7) is 7.93. The topological polar surface area (TPSA) is 52.6 Å². The van der Waals surface area contributed by atoms with Gasteiger partial charge in [0.2, 0.25) is 0 Å². The van der Waals surface area contributed by atoms with E-state index in [1.54, 1.807) is 11.3 Å². The van der Waals surface area contributed by atoms with Crippen LogP contribution < -0.4 is 10.6 Å². The molecule has 0 aliphatic carbocycles. The highest BCUT2D eigenvalue weighted by molar-refractivity contribution is 14.0. The van der Waals surface area contributed by atoms with Crippen molar-refractivity contribution < 1.29 is 4.39 Å². The molecule has 0 unspecified atom stereocenters.